The van der Waals surface area contributed by atoms with Crippen molar-refractivity contribution in [1.82, 2.24) is 15.5 Å². The molecule has 0 radical (unpaired) electrons. The largest absolute Gasteiger partial charge is 0.353 e. The van der Waals surface area contributed by atoms with E-state index in [1.54, 1.807) is 7.05 Å². The Balaban J connectivity index is 3.59. The number of carbonyl (C=O) groups is 1. The molecule has 0 aliphatic carbocycles. The number of rotatable bonds is 6. The SMILES string of the molecule is CNC(C)C(=O)NCCN(C)C(C)C. The second-order valence-electron chi connectivity index (χ2n) is 3.88. The van der Waals surface area contributed by atoms with E-state index in [0.717, 1.165) is 6.54 Å². The number of amides is 1. The monoisotopic (exact) mass is 201 g/mol. The third kappa shape index (κ3) is 5.19. The van der Waals surface area contributed by atoms with Crippen molar-refractivity contribution < 1.29 is 4.79 Å². The third-order valence-electron chi connectivity index (χ3n) is 2.47. The number of carbonyl (C=O) groups excluding carboxylic acids is 1. The molecule has 84 valence electrons. The van der Waals surface area contributed by atoms with Crippen LogP contribution in [0, 0.1) is 0 Å². The summed E-state index contributed by atoms with van der Waals surface area (Å²) in [6.07, 6.45) is 0. The van der Waals surface area contributed by atoms with Gasteiger partial charge in [0.1, 0.15) is 0 Å². The molecule has 0 saturated heterocycles. The van der Waals surface area contributed by atoms with Gasteiger partial charge in [0.05, 0.1) is 6.04 Å². The lowest BCUT2D eigenvalue weighted by molar-refractivity contribution is -0.122. The van der Waals surface area contributed by atoms with Crippen LogP contribution in [0.1, 0.15) is 20.8 Å². The summed E-state index contributed by atoms with van der Waals surface area (Å²) in [5, 5.41) is 5.78. The molecule has 0 aliphatic rings. The molecule has 4 nitrogen and oxygen atoms in total. The van der Waals surface area contributed by atoms with Gasteiger partial charge in [-0.15, -0.1) is 0 Å². The van der Waals surface area contributed by atoms with Crippen LogP contribution in [0.25, 0.3) is 0 Å². The first kappa shape index (κ1) is 13.4. The maximum Gasteiger partial charge on any atom is 0.236 e. The van der Waals surface area contributed by atoms with Crippen LogP contribution in [0.4, 0.5) is 0 Å². The highest BCUT2D eigenvalue weighted by Crippen LogP contribution is 1.90. The number of hydrogen-bond acceptors (Lipinski definition) is 3. The fourth-order valence-electron chi connectivity index (χ4n) is 0.898. The van der Waals surface area contributed by atoms with E-state index in [2.05, 4.69) is 36.4 Å². The van der Waals surface area contributed by atoms with E-state index in [9.17, 15) is 4.79 Å². The first-order chi connectivity index (χ1) is 6.49. The standard InChI is InChI=1S/C10H23N3O/c1-8(2)13(5)7-6-12-10(14)9(3)11-4/h8-9,11H,6-7H2,1-5H3,(H,12,14). The summed E-state index contributed by atoms with van der Waals surface area (Å²) < 4.78 is 0. The van der Waals surface area contributed by atoms with Crippen LogP contribution in [0.15, 0.2) is 0 Å². The first-order valence-corrected chi connectivity index (χ1v) is 5.14. The second kappa shape index (κ2) is 6.79. The van der Waals surface area contributed by atoms with Gasteiger partial charge in [-0.3, -0.25) is 4.79 Å². The normalized spacial score (nSPS) is 13.4. The number of likely N-dealkylation sites (N-methyl/N-ethyl adjacent to an activating group) is 2. The summed E-state index contributed by atoms with van der Waals surface area (Å²) in [7, 11) is 3.84. The van der Waals surface area contributed by atoms with E-state index in [1.165, 1.54) is 0 Å². The lowest BCUT2D eigenvalue weighted by atomic mass is 10.3. The van der Waals surface area contributed by atoms with Crippen molar-refractivity contribution >= 4 is 5.91 Å². The van der Waals surface area contributed by atoms with Crippen LogP contribution in [0.5, 0.6) is 0 Å². The molecule has 1 atom stereocenters. The van der Waals surface area contributed by atoms with Crippen LogP contribution in [0.3, 0.4) is 0 Å². The Labute approximate surface area is 87.0 Å². The number of nitrogens with one attached hydrogen (secondary N) is 2. The minimum atomic E-state index is -0.112. The zero-order valence-corrected chi connectivity index (χ0v) is 9.92. The minimum absolute atomic E-state index is 0.0599. The Kier molecular flexibility index (Phi) is 6.49. The fourth-order valence-corrected chi connectivity index (χ4v) is 0.898. The van der Waals surface area contributed by atoms with Crippen LogP contribution >= 0.6 is 0 Å². The molecular formula is C10H23N3O. The second-order valence-corrected chi connectivity index (χ2v) is 3.88. The highest BCUT2D eigenvalue weighted by Gasteiger charge is 2.09. The van der Waals surface area contributed by atoms with E-state index in [-0.39, 0.29) is 11.9 Å². The molecule has 0 rings (SSSR count). The summed E-state index contributed by atoms with van der Waals surface area (Å²) in [5.74, 6) is 0.0599. The molecule has 0 aromatic heterocycles. The summed E-state index contributed by atoms with van der Waals surface area (Å²) in [4.78, 5) is 13.5. The maximum absolute atomic E-state index is 11.3. The number of nitrogens with zero attached hydrogens (tertiary/aromatic N) is 1. The Hall–Kier alpha value is -0.610. The van der Waals surface area contributed by atoms with Gasteiger partial charge in [0.25, 0.3) is 0 Å². The van der Waals surface area contributed by atoms with Crippen LogP contribution in [-0.2, 0) is 4.79 Å². The number of hydrogen-bond donors (Lipinski definition) is 2. The van der Waals surface area contributed by atoms with Crippen molar-refractivity contribution in [3.05, 3.63) is 0 Å². The van der Waals surface area contributed by atoms with Gasteiger partial charge in [-0.05, 0) is 34.9 Å². The lowest BCUT2D eigenvalue weighted by Crippen LogP contribution is -2.43. The molecule has 0 saturated carbocycles. The Morgan fingerprint density at radius 1 is 1.36 bits per heavy atom. The predicted octanol–water partition coefficient (Wildman–Crippen LogP) is 0.0507. The molecule has 4 heteroatoms. The molecule has 1 unspecified atom stereocenters. The van der Waals surface area contributed by atoms with Crippen molar-refractivity contribution in [2.75, 3.05) is 27.2 Å². The van der Waals surface area contributed by atoms with Crippen molar-refractivity contribution in [2.24, 2.45) is 0 Å². The Morgan fingerprint density at radius 3 is 2.36 bits per heavy atom. The molecule has 0 bridgehead atoms. The molecule has 0 heterocycles. The molecule has 0 aromatic carbocycles. The average molecular weight is 201 g/mol. The fraction of sp³-hybridized carbons (Fsp3) is 0.900. The molecule has 0 fully saturated rings. The summed E-state index contributed by atoms with van der Waals surface area (Å²) >= 11 is 0. The van der Waals surface area contributed by atoms with E-state index < -0.39 is 0 Å². The highest BCUT2D eigenvalue weighted by atomic mass is 16.2. The molecule has 14 heavy (non-hydrogen) atoms. The summed E-state index contributed by atoms with van der Waals surface area (Å²) in [6.45, 7) is 7.72. The van der Waals surface area contributed by atoms with Gasteiger partial charge in [-0.25, -0.2) is 0 Å². The van der Waals surface area contributed by atoms with Crippen molar-refractivity contribution in [1.29, 1.82) is 0 Å². The molecule has 0 aliphatic heterocycles. The van der Waals surface area contributed by atoms with Crippen LogP contribution in [-0.4, -0.2) is 50.1 Å². The van der Waals surface area contributed by atoms with Crippen LogP contribution < -0.4 is 10.6 Å². The minimum Gasteiger partial charge on any atom is -0.353 e. The van der Waals surface area contributed by atoms with Crippen molar-refractivity contribution in [2.45, 2.75) is 32.9 Å². The molecular weight excluding hydrogens is 178 g/mol. The summed E-state index contributed by atoms with van der Waals surface area (Å²) in [5.41, 5.74) is 0. The van der Waals surface area contributed by atoms with Gasteiger partial charge in [-0.1, -0.05) is 0 Å². The van der Waals surface area contributed by atoms with E-state index in [1.807, 2.05) is 6.92 Å². The molecule has 1 amide bonds. The smallest absolute Gasteiger partial charge is 0.236 e. The molecule has 0 spiro atoms. The topological polar surface area (TPSA) is 44.4 Å². The van der Waals surface area contributed by atoms with Gasteiger partial charge in [0, 0.05) is 19.1 Å². The highest BCUT2D eigenvalue weighted by molar-refractivity contribution is 5.81. The third-order valence-corrected chi connectivity index (χ3v) is 2.47. The van der Waals surface area contributed by atoms with Gasteiger partial charge < -0.3 is 15.5 Å². The van der Waals surface area contributed by atoms with Gasteiger partial charge >= 0.3 is 0 Å². The van der Waals surface area contributed by atoms with E-state index in [0.29, 0.717) is 12.6 Å². The molecule has 2 N–H and O–H groups in total. The Morgan fingerprint density at radius 2 is 1.93 bits per heavy atom. The zero-order chi connectivity index (χ0) is 11.1. The first-order valence-electron chi connectivity index (χ1n) is 5.14. The maximum atomic E-state index is 11.3. The van der Waals surface area contributed by atoms with E-state index in [4.69, 9.17) is 0 Å². The van der Waals surface area contributed by atoms with E-state index >= 15 is 0 Å². The quantitative estimate of drug-likeness (QED) is 0.638. The van der Waals surface area contributed by atoms with Gasteiger partial charge in [0.15, 0.2) is 0 Å². The zero-order valence-electron chi connectivity index (χ0n) is 9.92. The lowest BCUT2D eigenvalue weighted by Gasteiger charge is -2.21. The Bertz CT molecular complexity index is 171. The van der Waals surface area contributed by atoms with Crippen molar-refractivity contribution in [3.8, 4) is 0 Å². The van der Waals surface area contributed by atoms with Gasteiger partial charge in [0.2, 0.25) is 5.91 Å². The van der Waals surface area contributed by atoms with Crippen LogP contribution in [0.2, 0.25) is 0 Å². The average Bonchev–Trinajstić information content (AvgIpc) is 2.15. The summed E-state index contributed by atoms with van der Waals surface area (Å²) in [6, 6.07) is 0.410. The predicted molar refractivity (Wildman–Crippen MR) is 59.3 cm³/mol. The van der Waals surface area contributed by atoms with Gasteiger partial charge in [-0.2, -0.15) is 0 Å². The molecule has 0 aromatic rings. The van der Waals surface area contributed by atoms with Crippen molar-refractivity contribution in [3.63, 3.8) is 0 Å².